The summed E-state index contributed by atoms with van der Waals surface area (Å²) in [5.74, 6) is 0.633. The first-order valence-corrected chi connectivity index (χ1v) is 5.72. The second-order valence-corrected chi connectivity index (χ2v) is 4.56. The summed E-state index contributed by atoms with van der Waals surface area (Å²) < 4.78 is 0. The molecule has 2 aliphatic heterocycles. The first-order valence-electron chi connectivity index (χ1n) is 5.72. The van der Waals surface area contributed by atoms with Crippen molar-refractivity contribution in [3.63, 3.8) is 0 Å². The van der Waals surface area contributed by atoms with E-state index in [1.54, 1.807) is 6.08 Å². The minimum Gasteiger partial charge on any atom is -0.311 e. The van der Waals surface area contributed by atoms with Crippen molar-refractivity contribution in [2.75, 3.05) is 0 Å². The number of fused-ring (bicyclic) bond motifs is 2. The maximum absolute atomic E-state index is 11.7. The molecule has 2 nitrogen and oxygen atoms in total. The fraction of sp³-hybridized carbons (Fsp3) is 0.750. The first kappa shape index (κ1) is 9.91. The lowest BCUT2D eigenvalue weighted by Gasteiger charge is -2.39. The number of carbonyl (C=O) groups is 1. The Labute approximate surface area is 85.8 Å². The van der Waals surface area contributed by atoms with Gasteiger partial charge in [0.05, 0.1) is 0 Å². The quantitative estimate of drug-likeness (QED) is 0.680. The van der Waals surface area contributed by atoms with Crippen molar-refractivity contribution in [3.8, 4) is 0 Å². The van der Waals surface area contributed by atoms with Crippen LogP contribution < -0.4 is 5.32 Å². The first-order chi connectivity index (χ1) is 6.79. The van der Waals surface area contributed by atoms with Gasteiger partial charge in [-0.15, -0.1) is 0 Å². The van der Waals surface area contributed by atoms with Crippen LogP contribution in [0.4, 0.5) is 0 Å². The van der Waals surface area contributed by atoms with Gasteiger partial charge in [-0.25, -0.2) is 0 Å². The van der Waals surface area contributed by atoms with Crippen molar-refractivity contribution in [1.29, 1.82) is 0 Å². The summed E-state index contributed by atoms with van der Waals surface area (Å²) in [7, 11) is 0. The predicted octanol–water partition coefficient (Wildman–Crippen LogP) is 2.05. The maximum atomic E-state index is 11.7. The third-order valence-corrected chi connectivity index (χ3v) is 3.45. The van der Waals surface area contributed by atoms with E-state index in [2.05, 4.69) is 5.32 Å². The minimum atomic E-state index is 0.294. The number of hydrogen-bond acceptors (Lipinski definition) is 2. The molecule has 0 spiro atoms. The van der Waals surface area contributed by atoms with Crippen LogP contribution in [0.5, 0.6) is 0 Å². The zero-order chi connectivity index (χ0) is 9.97. The fourth-order valence-corrected chi connectivity index (χ4v) is 2.80. The Morgan fingerprint density at radius 3 is 2.50 bits per heavy atom. The molecule has 14 heavy (non-hydrogen) atoms. The van der Waals surface area contributed by atoms with E-state index in [0.717, 1.165) is 12.8 Å². The van der Waals surface area contributed by atoms with Crippen LogP contribution in [0.1, 0.15) is 39.0 Å². The second kappa shape index (κ2) is 4.26. The molecule has 2 atom stereocenters. The van der Waals surface area contributed by atoms with Gasteiger partial charge in [0.2, 0.25) is 0 Å². The number of rotatable bonds is 2. The van der Waals surface area contributed by atoms with Gasteiger partial charge in [0.25, 0.3) is 0 Å². The highest BCUT2D eigenvalue weighted by atomic mass is 16.1. The van der Waals surface area contributed by atoms with Crippen LogP contribution in [0.3, 0.4) is 0 Å². The highest BCUT2D eigenvalue weighted by molar-refractivity contribution is 5.91. The van der Waals surface area contributed by atoms with Gasteiger partial charge >= 0.3 is 0 Å². The van der Waals surface area contributed by atoms with Gasteiger partial charge in [-0.3, -0.25) is 4.79 Å². The molecule has 2 saturated heterocycles. The van der Waals surface area contributed by atoms with Gasteiger partial charge in [-0.05, 0) is 38.7 Å². The third-order valence-electron chi connectivity index (χ3n) is 3.45. The number of ketones is 1. The van der Waals surface area contributed by atoms with E-state index in [0.29, 0.717) is 23.8 Å². The lowest BCUT2D eigenvalue weighted by molar-refractivity contribution is -0.119. The minimum absolute atomic E-state index is 0.294. The number of carbonyl (C=O) groups excluding carboxylic acids is 1. The summed E-state index contributed by atoms with van der Waals surface area (Å²) in [6, 6.07) is 1.23. The molecule has 2 aliphatic rings. The molecule has 0 amide bonds. The van der Waals surface area contributed by atoms with E-state index in [1.165, 1.54) is 19.3 Å². The molecule has 0 aromatic heterocycles. The summed E-state index contributed by atoms with van der Waals surface area (Å²) in [6.45, 7) is 1.92. The van der Waals surface area contributed by atoms with Crippen LogP contribution in [-0.4, -0.2) is 17.9 Å². The Morgan fingerprint density at radius 1 is 1.29 bits per heavy atom. The summed E-state index contributed by atoms with van der Waals surface area (Å²) in [5.41, 5.74) is 0. The number of piperidine rings is 2. The molecular weight excluding hydrogens is 174 g/mol. The molecule has 2 heterocycles. The Hall–Kier alpha value is -0.630. The van der Waals surface area contributed by atoms with Gasteiger partial charge in [0.1, 0.15) is 0 Å². The summed E-state index contributed by atoms with van der Waals surface area (Å²) in [4.78, 5) is 11.7. The highest BCUT2D eigenvalue weighted by Gasteiger charge is 2.33. The van der Waals surface area contributed by atoms with E-state index in [1.807, 2.05) is 13.0 Å². The zero-order valence-electron chi connectivity index (χ0n) is 8.83. The van der Waals surface area contributed by atoms with E-state index in [-0.39, 0.29) is 0 Å². The van der Waals surface area contributed by atoms with Crippen molar-refractivity contribution < 1.29 is 4.79 Å². The van der Waals surface area contributed by atoms with Gasteiger partial charge < -0.3 is 5.32 Å². The molecule has 0 radical (unpaired) electrons. The van der Waals surface area contributed by atoms with Crippen molar-refractivity contribution in [2.45, 2.75) is 51.1 Å². The molecule has 0 aromatic carbocycles. The van der Waals surface area contributed by atoms with Crippen molar-refractivity contribution in [1.82, 2.24) is 5.32 Å². The lowest BCUT2D eigenvalue weighted by Crippen LogP contribution is -2.49. The molecule has 2 fully saturated rings. The predicted molar refractivity (Wildman–Crippen MR) is 57.1 cm³/mol. The molecule has 2 unspecified atom stereocenters. The topological polar surface area (TPSA) is 29.1 Å². The van der Waals surface area contributed by atoms with Crippen LogP contribution in [0, 0.1) is 5.92 Å². The largest absolute Gasteiger partial charge is 0.311 e. The van der Waals surface area contributed by atoms with E-state index < -0.39 is 0 Å². The summed E-state index contributed by atoms with van der Waals surface area (Å²) >= 11 is 0. The molecule has 2 bridgehead atoms. The SMILES string of the molecule is C/C=C\C(=O)C1CC2CCCC(C1)N2. The standard InChI is InChI=1S/C12H19NO/c1-2-4-12(14)9-7-10-5-3-6-11(8-9)13-10/h2,4,9-11,13H,3,5-8H2,1H3/b4-2-. The molecule has 0 aliphatic carbocycles. The third kappa shape index (κ3) is 2.06. The van der Waals surface area contributed by atoms with Crippen LogP contribution in [0.25, 0.3) is 0 Å². The van der Waals surface area contributed by atoms with E-state index in [4.69, 9.17) is 0 Å². The molecule has 0 saturated carbocycles. The monoisotopic (exact) mass is 193 g/mol. The normalized spacial score (nSPS) is 37.4. The van der Waals surface area contributed by atoms with Gasteiger partial charge in [-0.2, -0.15) is 0 Å². The smallest absolute Gasteiger partial charge is 0.158 e. The van der Waals surface area contributed by atoms with Gasteiger partial charge in [-0.1, -0.05) is 12.5 Å². The molecule has 2 rings (SSSR count). The van der Waals surface area contributed by atoms with Crippen molar-refractivity contribution >= 4 is 5.78 Å². The average molecular weight is 193 g/mol. The van der Waals surface area contributed by atoms with Crippen molar-refractivity contribution in [3.05, 3.63) is 12.2 Å². The molecule has 1 N–H and O–H groups in total. The summed E-state index contributed by atoms with van der Waals surface area (Å²) in [6.07, 6.45) is 9.57. The Bertz CT molecular complexity index is 235. The lowest BCUT2D eigenvalue weighted by atomic mass is 9.78. The average Bonchev–Trinajstić information content (AvgIpc) is 2.17. The van der Waals surface area contributed by atoms with E-state index >= 15 is 0 Å². The van der Waals surface area contributed by atoms with Crippen LogP contribution in [0.15, 0.2) is 12.2 Å². The zero-order valence-corrected chi connectivity index (χ0v) is 8.83. The number of hydrogen-bond donors (Lipinski definition) is 1. The Morgan fingerprint density at radius 2 is 1.93 bits per heavy atom. The fourth-order valence-electron chi connectivity index (χ4n) is 2.80. The van der Waals surface area contributed by atoms with Crippen LogP contribution in [-0.2, 0) is 4.79 Å². The van der Waals surface area contributed by atoms with E-state index in [9.17, 15) is 4.79 Å². The Kier molecular flexibility index (Phi) is 3.02. The molecule has 0 aromatic rings. The highest BCUT2D eigenvalue weighted by Crippen LogP contribution is 2.30. The van der Waals surface area contributed by atoms with Crippen molar-refractivity contribution in [2.24, 2.45) is 5.92 Å². The molecule has 78 valence electrons. The molecular formula is C12H19NO. The number of nitrogens with one attached hydrogen (secondary N) is 1. The van der Waals surface area contributed by atoms with Crippen LogP contribution in [0.2, 0.25) is 0 Å². The summed E-state index contributed by atoms with van der Waals surface area (Å²) in [5, 5.41) is 3.60. The van der Waals surface area contributed by atoms with Gasteiger partial charge in [0.15, 0.2) is 5.78 Å². The van der Waals surface area contributed by atoms with Crippen LogP contribution >= 0.6 is 0 Å². The maximum Gasteiger partial charge on any atom is 0.158 e. The van der Waals surface area contributed by atoms with Gasteiger partial charge in [0, 0.05) is 18.0 Å². The Balaban J connectivity index is 1.98. The number of allylic oxidation sites excluding steroid dienone is 2. The molecule has 2 heteroatoms. The second-order valence-electron chi connectivity index (χ2n) is 4.56.